The number of carbonyl (C=O) groups excluding carboxylic acids is 1. The van der Waals surface area contributed by atoms with Crippen LogP contribution >= 0.6 is 0 Å². The molecule has 0 aromatic heterocycles. The molecule has 0 saturated heterocycles. The van der Waals surface area contributed by atoms with Crippen LogP contribution in [0.1, 0.15) is 5.56 Å². The van der Waals surface area contributed by atoms with Gasteiger partial charge in [0.1, 0.15) is 6.04 Å². The Morgan fingerprint density at radius 1 is 1.21 bits per heavy atom. The Kier molecular flexibility index (Phi) is 4.62. The Labute approximate surface area is 106 Å². The zero-order valence-corrected chi connectivity index (χ0v) is 9.51. The number of aliphatic carboxylic acids is 1. The summed E-state index contributed by atoms with van der Waals surface area (Å²) in [4.78, 5) is 21.6. The Hall–Kier alpha value is -2.38. The van der Waals surface area contributed by atoms with Crippen LogP contribution in [0.25, 0.3) is 0 Å². The highest BCUT2D eigenvalue weighted by molar-refractivity contribution is 5.85. The van der Waals surface area contributed by atoms with Crippen molar-refractivity contribution in [3.8, 4) is 11.5 Å². The molecule has 0 saturated carbocycles. The average molecular weight is 275 g/mol. The molecule has 8 heteroatoms. The lowest BCUT2D eigenvalue weighted by atomic mass is 10.1. The number of alkyl halides is 2. The predicted molar refractivity (Wildman–Crippen MR) is 59.0 cm³/mol. The van der Waals surface area contributed by atoms with E-state index in [1.807, 2.05) is 0 Å². The molecule has 4 N–H and O–H groups in total. The van der Waals surface area contributed by atoms with Gasteiger partial charge in [0, 0.05) is 6.42 Å². The lowest BCUT2D eigenvalue weighted by molar-refractivity contribution is -0.144. The number of phenols is 2. The Morgan fingerprint density at radius 3 is 2.32 bits per heavy atom. The monoisotopic (exact) mass is 275 g/mol. The van der Waals surface area contributed by atoms with Gasteiger partial charge >= 0.3 is 12.4 Å². The first-order valence-corrected chi connectivity index (χ1v) is 5.13. The highest BCUT2D eigenvalue weighted by Crippen LogP contribution is 2.25. The van der Waals surface area contributed by atoms with E-state index in [9.17, 15) is 23.5 Å². The third-order valence-electron chi connectivity index (χ3n) is 2.29. The van der Waals surface area contributed by atoms with Gasteiger partial charge < -0.3 is 20.6 Å². The normalized spacial score (nSPS) is 12.2. The molecule has 0 heterocycles. The number of nitrogens with one attached hydrogen (secondary N) is 1. The van der Waals surface area contributed by atoms with Crippen LogP contribution in [-0.2, 0) is 16.0 Å². The summed E-state index contributed by atoms with van der Waals surface area (Å²) in [6, 6.07) is 1.96. The maximum atomic E-state index is 12.0. The standard InChI is InChI=1S/C11H11F2NO5/c12-9(13)10(17)14-6(11(18)19)3-5-1-2-7(15)8(16)4-5/h1-2,4,6,9,15-16H,3H2,(H,14,17)(H,18,19)/t6-/m0/s1. The second kappa shape index (κ2) is 5.98. The van der Waals surface area contributed by atoms with Gasteiger partial charge in [-0.3, -0.25) is 4.79 Å². The van der Waals surface area contributed by atoms with Crippen molar-refractivity contribution >= 4 is 11.9 Å². The van der Waals surface area contributed by atoms with E-state index in [-0.39, 0.29) is 12.0 Å². The number of hydrogen-bond acceptors (Lipinski definition) is 4. The van der Waals surface area contributed by atoms with E-state index in [0.717, 1.165) is 12.1 Å². The maximum absolute atomic E-state index is 12.0. The third-order valence-corrected chi connectivity index (χ3v) is 2.29. The lowest BCUT2D eigenvalue weighted by Gasteiger charge is -2.14. The molecule has 1 atom stereocenters. The molecular weight excluding hydrogens is 264 g/mol. The minimum atomic E-state index is -3.31. The van der Waals surface area contributed by atoms with Crippen LogP contribution in [-0.4, -0.2) is 39.7 Å². The van der Waals surface area contributed by atoms with E-state index in [4.69, 9.17) is 10.2 Å². The van der Waals surface area contributed by atoms with E-state index in [2.05, 4.69) is 0 Å². The SMILES string of the molecule is O=C(N[C@@H](Cc1ccc(O)c(O)c1)C(=O)O)C(F)F. The number of halogens is 2. The molecule has 1 rings (SSSR count). The number of hydrogen-bond donors (Lipinski definition) is 4. The molecule has 104 valence electrons. The third kappa shape index (κ3) is 4.09. The number of aromatic hydroxyl groups is 2. The van der Waals surface area contributed by atoms with Crippen molar-refractivity contribution in [1.29, 1.82) is 0 Å². The summed E-state index contributed by atoms with van der Waals surface area (Å²) >= 11 is 0. The molecule has 0 unspecified atom stereocenters. The number of amides is 1. The first-order chi connectivity index (χ1) is 8.81. The van der Waals surface area contributed by atoms with E-state index >= 15 is 0 Å². The fourth-order valence-corrected chi connectivity index (χ4v) is 1.37. The minimum Gasteiger partial charge on any atom is -0.504 e. The number of carboxylic acids is 1. The molecule has 1 aromatic rings. The second-order valence-electron chi connectivity index (χ2n) is 3.73. The van der Waals surface area contributed by atoms with Crippen LogP contribution in [0.5, 0.6) is 11.5 Å². The van der Waals surface area contributed by atoms with Gasteiger partial charge in [-0.2, -0.15) is 8.78 Å². The van der Waals surface area contributed by atoms with Crippen molar-refractivity contribution in [2.45, 2.75) is 18.9 Å². The highest BCUT2D eigenvalue weighted by atomic mass is 19.3. The van der Waals surface area contributed by atoms with Gasteiger partial charge in [0.15, 0.2) is 11.5 Å². The van der Waals surface area contributed by atoms with Crippen molar-refractivity contribution in [2.24, 2.45) is 0 Å². The van der Waals surface area contributed by atoms with Crippen LogP contribution in [0, 0.1) is 0 Å². The molecule has 1 amide bonds. The number of carboxylic acid groups (broad SMARTS) is 1. The average Bonchev–Trinajstić information content (AvgIpc) is 2.32. The lowest BCUT2D eigenvalue weighted by Crippen LogP contribution is -2.44. The Morgan fingerprint density at radius 2 is 1.84 bits per heavy atom. The van der Waals surface area contributed by atoms with Crippen molar-refractivity contribution in [3.63, 3.8) is 0 Å². The molecule has 6 nitrogen and oxygen atoms in total. The summed E-state index contributed by atoms with van der Waals surface area (Å²) in [7, 11) is 0. The zero-order chi connectivity index (χ0) is 14.6. The fourth-order valence-electron chi connectivity index (χ4n) is 1.37. The molecule has 0 fully saturated rings. The molecule has 19 heavy (non-hydrogen) atoms. The summed E-state index contributed by atoms with van der Waals surface area (Å²) in [6.45, 7) is 0. The summed E-state index contributed by atoms with van der Waals surface area (Å²) in [5.74, 6) is -4.04. The topological polar surface area (TPSA) is 107 Å². The molecule has 1 aromatic carbocycles. The van der Waals surface area contributed by atoms with E-state index < -0.39 is 35.8 Å². The van der Waals surface area contributed by atoms with Crippen LogP contribution < -0.4 is 5.32 Å². The molecular formula is C11H11F2NO5. The molecule has 0 spiro atoms. The van der Waals surface area contributed by atoms with Crippen molar-refractivity contribution in [1.82, 2.24) is 5.32 Å². The van der Waals surface area contributed by atoms with Crippen molar-refractivity contribution in [2.75, 3.05) is 0 Å². The van der Waals surface area contributed by atoms with Crippen LogP contribution in [0.2, 0.25) is 0 Å². The summed E-state index contributed by atoms with van der Waals surface area (Å²) < 4.78 is 24.1. The van der Waals surface area contributed by atoms with E-state index in [0.29, 0.717) is 0 Å². The summed E-state index contributed by atoms with van der Waals surface area (Å²) in [5, 5.41) is 28.8. The van der Waals surface area contributed by atoms with Gasteiger partial charge in [0.25, 0.3) is 5.91 Å². The van der Waals surface area contributed by atoms with Gasteiger partial charge in [-0.1, -0.05) is 6.07 Å². The van der Waals surface area contributed by atoms with Crippen LogP contribution in [0.15, 0.2) is 18.2 Å². The first-order valence-electron chi connectivity index (χ1n) is 5.13. The second-order valence-corrected chi connectivity index (χ2v) is 3.73. The smallest absolute Gasteiger partial charge is 0.326 e. The maximum Gasteiger partial charge on any atom is 0.326 e. The van der Waals surface area contributed by atoms with Crippen LogP contribution in [0.3, 0.4) is 0 Å². The predicted octanol–water partition coefficient (Wildman–Crippen LogP) is 0.475. The van der Waals surface area contributed by atoms with Gasteiger partial charge in [0.2, 0.25) is 0 Å². The Bertz CT molecular complexity index is 492. The van der Waals surface area contributed by atoms with Gasteiger partial charge in [-0.15, -0.1) is 0 Å². The van der Waals surface area contributed by atoms with Gasteiger partial charge in [-0.05, 0) is 17.7 Å². The van der Waals surface area contributed by atoms with Gasteiger partial charge in [-0.25, -0.2) is 4.79 Å². The van der Waals surface area contributed by atoms with E-state index in [1.165, 1.54) is 6.07 Å². The number of benzene rings is 1. The number of rotatable bonds is 5. The number of carbonyl (C=O) groups is 2. The quantitative estimate of drug-likeness (QED) is 0.584. The van der Waals surface area contributed by atoms with Gasteiger partial charge in [0.05, 0.1) is 0 Å². The molecule has 0 aliphatic rings. The molecule has 0 radical (unpaired) electrons. The molecule has 0 aliphatic heterocycles. The largest absolute Gasteiger partial charge is 0.504 e. The first kappa shape index (κ1) is 14.7. The van der Waals surface area contributed by atoms with Crippen molar-refractivity contribution in [3.05, 3.63) is 23.8 Å². The van der Waals surface area contributed by atoms with Crippen molar-refractivity contribution < 1.29 is 33.7 Å². The summed E-state index contributed by atoms with van der Waals surface area (Å²) in [5.41, 5.74) is 0.261. The highest BCUT2D eigenvalue weighted by Gasteiger charge is 2.25. The molecule has 0 bridgehead atoms. The van der Waals surface area contributed by atoms with E-state index in [1.54, 1.807) is 5.32 Å². The Balaban J connectivity index is 2.81. The zero-order valence-electron chi connectivity index (χ0n) is 9.51. The fraction of sp³-hybridized carbons (Fsp3) is 0.273. The minimum absolute atomic E-state index is 0.261. The number of phenolic OH excluding ortho intramolecular Hbond substituents is 2. The summed E-state index contributed by atoms with van der Waals surface area (Å²) in [6.07, 6.45) is -3.61. The molecule has 0 aliphatic carbocycles. The van der Waals surface area contributed by atoms with Crippen LogP contribution in [0.4, 0.5) is 8.78 Å².